The molecular weight excluding hydrogens is 282 g/mol. The highest BCUT2D eigenvalue weighted by Gasteiger charge is 2.21. The van der Waals surface area contributed by atoms with E-state index in [1.54, 1.807) is 18.2 Å². The number of rotatable bonds is 5. The standard InChI is InChI=1S/C14H14ClNO4/c1-3-4-10-12(14(17)18)20-13(16-10)9-6-5-8(15)7-11(9)19-2/h5-7H,3-4H2,1-2H3,(H,17,18). The number of aromatic carboxylic acids is 1. The highest BCUT2D eigenvalue weighted by atomic mass is 35.5. The molecule has 0 atom stereocenters. The van der Waals surface area contributed by atoms with Crippen LogP contribution in [0.5, 0.6) is 5.75 Å². The number of carboxylic acid groups (broad SMARTS) is 1. The van der Waals surface area contributed by atoms with E-state index in [9.17, 15) is 4.79 Å². The van der Waals surface area contributed by atoms with Gasteiger partial charge in [-0.2, -0.15) is 0 Å². The molecule has 6 heteroatoms. The molecule has 0 saturated carbocycles. The lowest BCUT2D eigenvalue weighted by molar-refractivity contribution is 0.0661. The molecule has 1 N–H and O–H groups in total. The smallest absolute Gasteiger partial charge is 0.373 e. The molecule has 0 saturated heterocycles. The van der Waals surface area contributed by atoms with Crippen molar-refractivity contribution < 1.29 is 19.1 Å². The van der Waals surface area contributed by atoms with Crippen molar-refractivity contribution in [1.82, 2.24) is 4.98 Å². The van der Waals surface area contributed by atoms with Crippen LogP contribution in [0.15, 0.2) is 22.6 Å². The average Bonchev–Trinajstić information content (AvgIpc) is 2.83. The normalized spacial score (nSPS) is 10.6. The number of methoxy groups -OCH3 is 1. The zero-order valence-electron chi connectivity index (χ0n) is 11.1. The quantitative estimate of drug-likeness (QED) is 0.911. The Hall–Kier alpha value is -2.01. The molecule has 0 bridgehead atoms. The lowest BCUT2D eigenvalue weighted by Gasteiger charge is -2.05. The van der Waals surface area contributed by atoms with Crippen LogP contribution >= 0.6 is 11.6 Å². The predicted molar refractivity (Wildman–Crippen MR) is 74.5 cm³/mol. The Bertz CT molecular complexity index is 636. The van der Waals surface area contributed by atoms with E-state index >= 15 is 0 Å². The number of carboxylic acids is 1. The molecule has 0 aliphatic carbocycles. The fourth-order valence-electron chi connectivity index (χ4n) is 1.88. The van der Waals surface area contributed by atoms with Gasteiger partial charge in [0.2, 0.25) is 11.7 Å². The number of halogens is 1. The van der Waals surface area contributed by atoms with Crippen molar-refractivity contribution in [2.75, 3.05) is 7.11 Å². The average molecular weight is 296 g/mol. The van der Waals surface area contributed by atoms with E-state index in [1.807, 2.05) is 6.92 Å². The topological polar surface area (TPSA) is 72.6 Å². The largest absolute Gasteiger partial charge is 0.496 e. The molecule has 2 rings (SSSR count). The third-order valence-electron chi connectivity index (χ3n) is 2.77. The number of aryl methyl sites for hydroxylation is 1. The minimum Gasteiger partial charge on any atom is -0.496 e. The monoisotopic (exact) mass is 295 g/mol. The second-order valence-corrected chi connectivity index (χ2v) is 4.63. The first kappa shape index (κ1) is 14.4. The summed E-state index contributed by atoms with van der Waals surface area (Å²) in [6, 6.07) is 4.99. The lowest BCUT2D eigenvalue weighted by atomic mass is 10.2. The second-order valence-electron chi connectivity index (χ2n) is 4.19. The van der Waals surface area contributed by atoms with Gasteiger partial charge in [-0.25, -0.2) is 9.78 Å². The first-order chi connectivity index (χ1) is 9.56. The van der Waals surface area contributed by atoms with Crippen LogP contribution in [0, 0.1) is 0 Å². The van der Waals surface area contributed by atoms with Crippen molar-refractivity contribution in [3.8, 4) is 17.2 Å². The minimum absolute atomic E-state index is 0.126. The van der Waals surface area contributed by atoms with E-state index in [0.717, 1.165) is 6.42 Å². The summed E-state index contributed by atoms with van der Waals surface area (Å²) in [4.78, 5) is 15.4. The summed E-state index contributed by atoms with van der Waals surface area (Å²) in [6.07, 6.45) is 1.32. The maximum Gasteiger partial charge on any atom is 0.373 e. The molecule has 20 heavy (non-hydrogen) atoms. The van der Waals surface area contributed by atoms with Gasteiger partial charge in [-0.05, 0) is 24.6 Å². The molecule has 5 nitrogen and oxygen atoms in total. The zero-order valence-corrected chi connectivity index (χ0v) is 11.9. The Kier molecular flexibility index (Phi) is 4.29. The summed E-state index contributed by atoms with van der Waals surface area (Å²) < 4.78 is 10.6. The number of ether oxygens (including phenoxy) is 1. The van der Waals surface area contributed by atoms with Crippen molar-refractivity contribution in [3.63, 3.8) is 0 Å². The Morgan fingerprint density at radius 3 is 2.85 bits per heavy atom. The van der Waals surface area contributed by atoms with Gasteiger partial charge in [0.1, 0.15) is 5.75 Å². The van der Waals surface area contributed by atoms with E-state index < -0.39 is 5.97 Å². The van der Waals surface area contributed by atoms with Crippen LogP contribution < -0.4 is 4.74 Å². The van der Waals surface area contributed by atoms with Gasteiger partial charge >= 0.3 is 5.97 Å². The van der Waals surface area contributed by atoms with Gasteiger partial charge in [-0.1, -0.05) is 24.9 Å². The maximum absolute atomic E-state index is 11.2. The molecule has 106 valence electrons. The number of hydrogen-bond donors (Lipinski definition) is 1. The second kappa shape index (κ2) is 5.96. The predicted octanol–water partition coefficient (Wildman–Crippen LogP) is 3.65. The highest BCUT2D eigenvalue weighted by molar-refractivity contribution is 6.30. The molecule has 1 aromatic carbocycles. The highest BCUT2D eigenvalue weighted by Crippen LogP contribution is 2.33. The van der Waals surface area contributed by atoms with Gasteiger partial charge in [0.05, 0.1) is 18.4 Å². The van der Waals surface area contributed by atoms with Gasteiger partial charge in [-0.15, -0.1) is 0 Å². The van der Waals surface area contributed by atoms with Crippen molar-refractivity contribution in [3.05, 3.63) is 34.7 Å². The van der Waals surface area contributed by atoms with Crippen molar-refractivity contribution in [2.24, 2.45) is 0 Å². The summed E-state index contributed by atoms with van der Waals surface area (Å²) in [5.41, 5.74) is 1.01. The fraction of sp³-hybridized carbons (Fsp3) is 0.286. The van der Waals surface area contributed by atoms with E-state index in [2.05, 4.69) is 4.98 Å². The molecule has 2 aromatic rings. The molecule has 0 aliphatic rings. The first-order valence-electron chi connectivity index (χ1n) is 6.13. The van der Waals surface area contributed by atoms with Crippen LogP contribution in [-0.4, -0.2) is 23.2 Å². The fourth-order valence-corrected chi connectivity index (χ4v) is 2.04. The molecule has 0 aliphatic heterocycles. The SMILES string of the molecule is CCCc1nc(-c2ccc(Cl)cc2OC)oc1C(=O)O. The van der Waals surface area contributed by atoms with E-state index in [4.69, 9.17) is 25.9 Å². The molecule has 0 unspecified atom stereocenters. The summed E-state index contributed by atoms with van der Waals surface area (Å²) in [5, 5.41) is 9.65. The number of oxazole rings is 1. The van der Waals surface area contributed by atoms with E-state index in [-0.39, 0.29) is 11.7 Å². The Morgan fingerprint density at radius 1 is 1.50 bits per heavy atom. The number of nitrogens with zero attached hydrogens (tertiary/aromatic N) is 1. The van der Waals surface area contributed by atoms with Crippen molar-refractivity contribution in [1.29, 1.82) is 0 Å². The maximum atomic E-state index is 11.2. The Balaban J connectivity index is 2.53. The summed E-state index contributed by atoms with van der Waals surface area (Å²) in [6.45, 7) is 1.95. The lowest BCUT2D eigenvalue weighted by Crippen LogP contribution is -1.99. The van der Waals surface area contributed by atoms with Crippen molar-refractivity contribution in [2.45, 2.75) is 19.8 Å². The van der Waals surface area contributed by atoms with Crippen LogP contribution in [0.3, 0.4) is 0 Å². The molecule has 0 radical (unpaired) electrons. The number of carbonyl (C=O) groups is 1. The van der Waals surface area contributed by atoms with Gasteiger partial charge in [0.25, 0.3) is 0 Å². The summed E-state index contributed by atoms with van der Waals surface area (Å²) in [5.74, 6) is -0.544. The zero-order chi connectivity index (χ0) is 14.7. The van der Waals surface area contributed by atoms with E-state index in [1.165, 1.54) is 7.11 Å². The van der Waals surface area contributed by atoms with Crippen LogP contribution in [0.25, 0.3) is 11.5 Å². The Morgan fingerprint density at radius 2 is 2.25 bits per heavy atom. The van der Waals surface area contributed by atoms with Gasteiger partial charge < -0.3 is 14.3 Å². The van der Waals surface area contributed by atoms with Crippen LogP contribution in [0.4, 0.5) is 0 Å². The van der Waals surface area contributed by atoms with E-state index in [0.29, 0.717) is 28.5 Å². The third-order valence-corrected chi connectivity index (χ3v) is 3.01. The molecule has 0 amide bonds. The molecule has 0 fully saturated rings. The first-order valence-corrected chi connectivity index (χ1v) is 6.51. The number of benzene rings is 1. The minimum atomic E-state index is -1.12. The van der Waals surface area contributed by atoms with Crippen LogP contribution in [-0.2, 0) is 6.42 Å². The van der Waals surface area contributed by atoms with Crippen LogP contribution in [0.1, 0.15) is 29.6 Å². The summed E-state index contributed by atoms with van der Waals surface area (Å²) in [7, 11) is 1.50. The van der Waals surface area contributed by atoms with Crippen molar-refractivity contribution >= 4 is 17.6 Å². The van der Waals surface area contributed by atoms with Gasteiger partial charge in [0, 0.05) is 5.02 Å². The Labute approximate surface area is 121 Å². The molecular formula is C14H14ClNO4. The van der Waals surface area contributed by atoms with Crippen LogP contribution in [0.2, 0.25) is 5.02 Å². The third kappa shape index (κ3) is 2.77. The molecule has 0 spiro atoms. The number of aromatic nitrogens is 1. The van der Waals surface area contributed by atoms with Gasteiger partial charge in [0.15, 0.2) is 0 Å². The molecule has 1 heterocycles. The molecule has 1 aromatic heterocycles. The summed E-state index contributed by atoms with van der Waals surface area (Å²) >= 11 is 5.89. The number of hydrogen-bond acceptors (Lipinski definition) is 4. The van der Waals surface area contributed by atoms with Gasteiger partial charge in [-0.3, -0.25) is 0 Å².